The van der Waals surface area contributed by atoms with Crippen molar-refractivity contribution in [2.75, 3.05) is 14.2 Å². The van der Waals surface area contributed by atoms with Crippen LogP contribution in [0.4, 0.5) is 0 Å². The molecule has 3 N–H and O–H groups in total. The van der Waals surface area contributed by atoms with Gasteiger partial charge in [0.15, 0.2) is 0 Å². The average molecular weight is 239 g/mol. The van der Waals surface area contributed by atoms with E-state index >= 15 is 0 Å². The minimum absolute atomic E-state index is 0.129. The second kappa shape index (κ2) is 6.35. The lowest BCUT2D eigenvalue weighted by Gasteiger charge is -2.18. The Morgan fingerprint density at radius 2 is 2.00 bits per heavy atom. The summed E-state index contributed by atoms with van der Waals surface area (Å²) in [6.45, 7) is 2.11. The topological polar surface area (TPSA) is 64.7 Å². The van der Waals surface area contributed by atoms with Gasteiger partial charge in [0.1, 0.15) is 17.2 Å². The van der Waals surface area contributed by atoms with E-state index < -0.39 is 0 Å². The molecule has 1 aromatic carbocycles. The lowest BCUT2D eigenvalue weighted by atomic mass is 10.00. The van der Waals surface area contributed by atoms with Crippen LogP contribution in [0.25, 0.3) is 0 Å². The van der Waals surface area contributed by atoms with E-state index in [0.717, 1.165) is 19.3 Å². The molecule has 0 amide bonds. The van der Waals surface area contributed by atoms with Gasteiger partial charge in [-0.15, -0.1) is 0 Å². The van der Waals surface area contributed by atoms with Gasteiger partial charge in [0.05, 0.1) is 19.8 Å². The number of phenols is 1. The molecule has 0 aromatic heterocycles. The molecule has 0 saturated carbocycles. The highest BCUT2D eigenvalue weighted by Crippen LogP contribution is 2.38. The van der Waals surface area contributed by atoms with Gasteiger partial charge in [-0.05, 0) is 6.42 Å². The average Bonchev–Trinajstić information content (AvgIpc) is 2.34. The maximum Gasteiger partial charge on any atom is 0.131 e. The smallest absolute Gasteiger partial charge is 0.131 e. The van der Waals surface area contributed by atoms with Crippen LogP contribution in [-0.4, -0.2) is 19.3 Å². The number of phenolic OH excluding ortho intramolecular Hbond substituents is 1. The first-order chi connectivity index (χ1) is 8.13. The second-order valence-corrected chi connectivity index (χ2v) is 4.01. The van der Waals surface area contributed by atoms with E-state index in [1.165, 1.54) is 0 Å². The first-order valence-electron chi connectivity index (χ1n) is 5.84. The van der Waals surface area contributed by atoms with E-state index in [1.54, 1.807) is 26.4 Å². The molecule has 1 rings (SSSR count). The third-order valence-corrected chi connectivity index (χ3v) is 2.79. The molecule has 0 fully saturated rings. The Morgan fingerprint density at radius 1 is 1.29 bits per heavy atom. The molecule has 4 heteroatoms. The van der Waals surface area contributed by atoms with Crippen LogP contribution < -0.4 is 15.2 Å². The van der Waals surface area contributed by atoms with E-state index in [9.17, 15) is 5.11 Å². The van der Waals surface area contributed by atoms with Crippen molar-refractivity contribution < 1.29 is 14.6 Å². The van der Waals surface area contributed by atoms with Crippen LogP contribution in [0.2, 0.25) is 0 Å². The van der Waals surface area contributed by atoms with Crippen molar-refractivity contribution in [3.8, 4) is 17.2 Å². The highest BCUT2D eigenvalue weighted by molar-refractivity contribution is 5.51. The summed E-state index contributed by atoms with van der Waals surface area (Å²) in [6.07, 6.45) is 2.93. The van der Waals surface area contributed by atoms with Crippen molar-refractivity contribution in [1.82, 2.24) is 0 Å². The largest absolute Gasteiger partial charge is 0.507 e. The minimum atomic E-state index is -0.212. The molecule has 96 valence electrons. The zero-order valence-electron chi connectivity index (χ0n) is 10.7. The Morgan fingerprint density at radius 3 is 2.53 bits per heavy atom. The van der Waals surface area contributed by atoms with Gasteiger partial charge in [0.25, 0.3) is 0 Å². The minimum Gasteiger partial charge on any atom is -0.507 e. The molecule has 0 saturated heterocycles. The predicted octanol–water partition coefficient (Wildman–Crippen LogP) is 2.60. The third-order valence-electron chi connectivity index (χ3n) is 2.79. The maximum atomic E-state index is 9.96. The van der Waals surface area contributed by atoms with Crippen LogP contribution in [0.1, 0.15) is 37.8 Å². The molecule has 0 heterocycles. The summed E-state index contributed by atoms with van der Waals surface area (Å²) in [7, 11) is 3.11. The standard InChI is InChI=1S/C13H21NO3/c1-4-5-6-10(14)13-11(15)7-9(16-2)8-12(13)17-3/h7-8,10,15H,4-6,14H2,1-3H3/t10-/m0/s1. The Balaban J connectivity index is 3.04. The lowest BCUT2D eigenvalue weighted by Crippen LogP contribution is -2.12. The number of unbranched alkanes of at least 4 members (excludes halogenated alkanes) is 1. The van der Waals surface area contributed by atoms with Crippen LogP contribution in [0.3, 0.4) is 0 Å². The summed E-state index contributed by atoms with van der Waals surface area (Å²) in [5, 5.41) is 9.96. The predicted molar refractivity (Wildman–Crippen MR) is 67.7 cm³/mol. The maximum absolute atomic E-state index is 9.96. The highest BCUT2D eigenvalue weighted by atomic mass is 16.5. The number of rotatable bonds is 6. The van der Waals surface area contributed by atoms with Gasteiger partial charge in [-0.3, -0.25) is 0 Å². The Hall–Kier alpha value is -1.42. The summed E-state index contributed by atoms with van der Waals surface area (Å²) in [5.74, 6) is 1.26. The fourth-order valence-corrected chi connectivity index (χ4v) is 1.82. The van der Waals surface area contributed by atoms with Gasteiger partial charge >= 0.3 is 0 Å². The van der Waals surface area contributed by atoms with Gasteiger partial charge in [-0.25, -0.2) is 0 Å². The zero-order valence-corrected chi connectivity index (χ0v) is 10.7. The molecule has 17 heavy (non-hydrogen) atoms. The third kappa shape index (κ3) is 3.27. The van der Waals surface area contributed by atoms with Crippen molar-refractivity contribution in [1.29, 1.82) is 0 Å². The van der Waals surface area contributed by atoms with E-state index in [-0.39, 0.29) is 11.8 Å². The van der Waals surface area contributed by atoms with Gasteiger partial charge < -0.3 is 20.3 Å². The molecular formula is C13H21NO3. The molecule has 0 aliphatic rings. The zero-order chi connectivity index (χ0) is 12.8. The molecule has 0 radical (unpaired) electrons. The van der Waals surface area contributed by atoms with Crippen LogP contribution in [-0.2, 0) is 0 Å². The molecule has 4 nitrogen and oxygen atoms in total. The lowest BCUT2D eigenvalue weighted by molar-refractivity contribution is 0.373. The molecule has 0 bridgehead atoms. The number of methoxy groups -OCH3 is 2. The van der Waals surface area contributed by atoms with Gasteiger partial charge in [-0.2, -0.15) is 0 Å². The highest BCUT2D eigenvalue weighted by Gasteiger charge is 2.18. The normalized spacial score (nSPS) is 12.2. The van der Waals surface area contributed by atoms with E-state index in [2.05, 4.69) is 6.92 Å². The molecule has 0 spiro atoms. The van der Waals surface area contributed by atoms with Crippen LogP contribution in [0.5, 0.6) is 17.2 Å². The first-order valence-corrected chi connectivity index (χ1v) is 5.84. The number of hydrogen-bond acceptors (Lipinski definition) is 4. The first kappa shape index (κ1) is 13.6. The summed E-state index contributed by atoms with van der Waals surface area (Å²) < 4.78 is 10.3. The summed E-state index contributed by atoms with van der Waals surface area (Å²) in [5.41, 5.74) is 6.72. The van der Waals surface area contributed by atoms with E-state index in [0.29, 0.717) is 17.1 Å². The van der Waals surface area contributed by atoms with E-state index in [4.69, 9.17) is 15.2 Å². The number of ether oxygens (including phenoxy) is 2. The van der Waals surface area contributed by atoms with Crippen molar-refractivity contribution in [3.63, 3.8) is 0 Å². The SMILES string of the molecule is CCCC[C@H](N)c1c(O)cc(OC)cc1OC. The molecule has 1 aromatic rings. The van der Waals surface area contributed by atoms with Crippen LogP contribution in [0.15, 0.2) is 12.1 Å². The number of aromatic hydroxyl groups is 1. The van der Waals surface area contributed by atoms with Crippen molar-refractivity contribution in [3.05, 3.63) is 17.7 Å². The summed E-state index contributed by atoms with van der Waals surface area (Å²) >= 11 is 0. The molecule has 0 aliphatic heterocycles. The Kier molecular flexibility index (Phi) is 5.10. The monoisotopic (exact) mass is 239 g/mol. The number of benzene rings is 1. The van der Waals surface area contributed by atoms with Crippen molar-refractivity contribution >= 4 is 0 Å². The molecule has 1 atom stereocenters. The van der Waals surface area contributed by atoms with Crippen LogP contribution in [0, 0.1) is 0 Å². The van der Waals surface area contributed by atoms with Crippen molar-refractivity contribution in [2.24, 2.45) is 5.73 Å². The van der Waals surface area contributed by atoms with Gasteiger partial charge in [0.2, 0.25) is 0 Å². The Labute approximate surface area is 102 Å². The molecule has 0 unspecified atom stereocenters. The summed E-state index contributed by atoms with van der Waals surface area (Å²) in [6, 6.07) is 3.08. The van der Waals surface area contributed by atoms with Gasteiger partial charge in [0, 0.05) is 18.2 Å². The summed E-state index contributed by atoms with van der Waals surface area (Å²) in [4.78, 5) is 0. The Bertz CT molecular complexity index is 366. The molecule has 0 aliphatic carbocycles. The fraction of sp³-hybridized carbons (Fsp3) is 0.538. The fourth-order valence-electron chi connectivity index (χ4n) is 1.82. The van der Waals surface area contributed by atoms with Gasteiger partial charge in [-0.1, -0.05) is 19.8 Å². The van der Waals surface area contributed by atoms with E-state index in [1.807, 2.05) is 0 Å². The second-order valence-electron chi connectivity index (χ2n) is 4.01. The number of hydrogen-bond donors (Lipinski definition) is 2. The quantitative estimate of drug-likeness (QED) is 0.801. The number of nitrogens with two attached hydrogens (primary N) is 1. The van der Waals surface area contributed by atoms with Crippen LogP contribution >= 0.6 is 0 Å². The van der Waals surface area contributed by atoms with Crippen molar-refractivity contribution in [2.45, 2.75) is 32.2 Å². The molecular weight excluding hydrogens is 218 g/mol.